The first kappa shape index (κ1) is 21.6. The van der Waals surface area contributed by atoms with E-state index in [4.69, 9.17) is 4.74 Å². The van der Waals surface area contributed by atoms with Crippen molar-refractivity contribution in [3.8, 4) is 11.5 Å². The Labute approximate surface area is 178 Å². The third kappa shape index (κ3) is 5.28. The van der Waals surface area contributed by atoms with Crippen LogP contribution in [0.2, 0.25) is 0 Å². The summed E-state index contributed by atoms with van der Waals surface area (Å²) in [6, 6.07) is 16.0. The van der Waals surface area contributed by atoms with Crippen LogP contribution in [-0.4, -0.2) is 31.8 Å². The van der Waals surface area contributed by atoms with Crippen LogP contribution in [-0.2, 0) is 10.0 Å². The molecule has 10 nitrogen and oxygen atoms in total. The molecular weight excluding hydrogens is 424 g/mol. The maximum absolute atomic E-state index is 12.7. The van der Waals surface area contributed by atoms with Gasteiger partial charge in [0.25, 0.3) is 15.7 Å². The van der Waals surface area contributed by atoms with E-state index in [-0.39, 0.29) is 22.0 Å². The van der Waals surface area contributed by atoms with Crippen LogP contribution in [0.25, 0.3) is 0 Å². The molecule has 3 aromatic carbocycles. The van der Waals surface area contributed by atoms with Crippen LogP contribution in [0.15, 0.2) is 76.7 Å². The zero-order chi connectivity index (χ0) is 22.4. The number of nitro benzene ring substituents is 1. The first-order valence-corrected chi connectivity index (χ1v) is 10.3. The molecule has 0 heterocycles. The average molecular weight is 442 g/mol. The fourth-order valence-corrected chi connectivity index (χ4v) is 3.68. The lowest BCUT2D eigenvalue weighted by molar-refractivity contribution is -0.384. The van der Waals surface area contributed by atoms with Gasteiger partial charge in [0.15, 0.2) is 0 Å². The number of nitrogens with zero attached hydrogens (tertiary/aromatic N) is 2. The molecule has 0 radical (unpaired) electrons. The highest BCUT2D eigenvalue weighted by atomic mass is 32.2. The lowest BCUT2D eigenvalue weighted by Gasteiger charge is -2.12. The van der Waals surface area contributed by atoms with Crippen molar-refractivity contribution >= 4 is 33.3 Å². The second-order valence-electron chi connectivity index (χ2n) is 6.20. The zero-order valence-corrected chi connectivity index (χ0v) is 17.0. The molecule has 0 spiro atoms. The normalized spacial score (nSPS) is 11.3. The highest BCUT2D eigenvalue weighted by molar-refractivity contribution is 7.92. The number of para-hydroxylation sites is 2. The van der Waals surface area contributed by atoms with Gasteiger partial charge in [0.05, 0.1) is 28.8 Å². The standard InChI is InChI=1S/C20H18N4O6S/c1-30-20-5-3-2-4-18(20)23-31(28,29)16-10-11-17(19(12-16)24(26)27)22-21-13-14-6-8-15(25)9-7-14/h2-13,22-23,25H,1H3/b21-13+. The molecule has 0 bridgehead atoms. The van der Waals surface area contributed by atoms with Gasteiger partial charge in [0.2, 0.25) is 0 Å². The second kappa shape index (κ2) is 9.13. The van der Waals surface area contributed by atoms with Crippen LogP contribution in [0.3, 0.4) is 0 Å². The summed E-state index contributed by atoms with van der Waals surface area (Å²) in [5.41, 5.74) is 2.93. The first-order chi connectivity index (χ1) is 14.8. The van der Waals surface area contributed by atoms with Gasteiger partial charge in [-0.1, -0.05) is 12.1 Å². The van der Waals surface area contributed by atoms with E-state index >= 15 is 0 Å². The molecule has 0 aliphatic carbocycles. The molecule has 0 aromatic heterocycles. The van der Waals surface area contributed by atoms with Gasteiger partial charge in [-0.15, -0.1) is 0 Å². The van der Waals surface area contributed by atoms with Crippen molar-refractivity contribution in [2.24, 2.45) is 5.10 Å². The number of sulfonamides is 1. The van der Waals surface area contributed by atoms with E-state index in [0.717, 1.165) is 6.07 Å². The Balaban J connectivity index is 1.85. The van der Waals surface area contributed by atoms with Gasteiger partial charge in [-0.2, -0.15) is 5.10 Å². The number of anilines is 2. The molecule has 0 aliphatic heterocycles. The van der Waals surface area contributed by atoms with E-state index in [9.17, 15) is 23.6 Å². The molecule has 11 heteroatoms. The minimum Gasteiger partial charge on any atom is -0.508 e. The minimum atomic E-state index is -4.11. The summed E-state index contributed by atoms with van der Waals surface area (Å²) in [4.78, 5) is 10.5. The Hall–Kier alpha value is -4.12. The maximum Gasteiger partial charge on any atom is 0.295 e. The number of phenolic OH excluding ortho intramolecular Hbond substituents is 1. The van der Waals surface area contributed by atoms with Crippen LogP contribution < -0.4 is 14.9 Å². The van der Waals surface area contributed by atoms with E-state index < -0.39 is 20.6 Å². The Morgan fingerprint density at radius 1 is 1.06 bits per heavy atom. The fourth-order valence-electron chi connectivity index (χ4n) is 2.59. The third-order valence-corrected chi connectivity index (χ3v) is 5.48. The smallest absolute Gasteiger partial charge is 0.295 e. The summed E-state index contributed by atoms with van der Waals surface area (Å²) in [5.74, 6) is 0.404. The predicted molar refractivity (Wildman–Crippen MR) is 116 cm³/mol. The molecule has 0 amide bonds. The first-order valence-electron chi connectivity index (χ1n) is 8.82. The molecule has 0 fully saturated rings. The molecule has 160 valence electrons. The maximum atomic E-state index is 12.7. The lowest BCUT2D eigenvalue weighted by atomic mass is 10.2. The van der Waals surface area contributed by atoms with E-state index in [2.05, 4.69) is 15.2 Å². The van der Waals surface area contributed by atoms with Crippen molar-refractivity contribution in [1.29, 1.82) is 0 Å². The van der Waals surface area contributed by atoms with Gasteiger partial charge in [-0.25, -0.2) is 8.42 Å². The average Bonchev–Trinajstić information content (AvgIpc) is 2.75. The quantitative estimate of drug-likeness (QED) is 0.275. The Morgan fingerprint density at radius 3 is 2.45 bits per heavy atom. The highest BCUT2D eigenvalue weighted by Crippen LogP contribution is 2.30. The lowest BCUT2D eigenvalue weighted by Crippen LogP contribution is -2.14. The van der Waals surface area contributed by atoms with E-state index in [0.29, 0.717) is 11.3 Å². The molecule has 31 heavy (non-hydrogen) atoms. The van der Waals surface area contributed by atoms with Crippen molar-refractivity contribution in [3.05, 3.63) is 82.4 Å². The molecule has 3 rings (SSSR count). The number of phenols is 1. The van der Waals surface area contributed by atoms with Gasteiger partial charge in [-0.3, -0.25) is 20.3 Å². The Kier molecular flexibility index (Phi) is 6.36. The van der Waals surface area contributed by atoms with Crippen LogP contribution in [0.5, 0.6) is 11.5 Å². The highest BCUT2D eigenvalue weighted by Gasteiger charge is 2.22. The summed E-state index contributed by atoms with van der Waals surface area (Å²) < 4.78 is 32.9. The summed E-state index contributed by atoms with van der Waals surface area (Å²) in [5, 5.41) is 24.7. The Morgan fingerprint density at radius 2 is 1.77 bits per heavy atom. The number of ether oxygens (including phenoxy) is 1. The predicted octanol–water partition coefficient (Wildman–Crippen LogP) is 3.56. The molecule has 0 atom stereocenters. The zero-order valence-electron chi connectivity index (χ0n) is 16.2. The molecule has 3 N–H and O–H groups in total. The number of hydrogen-bond acceptors (Lipinski definition) is 8. The van der Waals surface area contributed by atoms with Crippen LogP contribution >= 0.6 is 0 Å². The molecule has 3 aromatic rings. The van der Waals surface area contributed by atoms with Crippen LogP contribution in [0.1, 0.15) is 5.56 Å². The molecule has 0 unspecified atom stereocenters. The molecular formula is C20H18N4O6S. The van der Waals surface area contributed by atoms with Crippen molar-refractivity contribution in [1.82, 2.24) is 0 Å². The monoisotopic (exact) mass is 442 g/mol. The van der Waals surface area contributed by atoms with E-state index in [1.54, 1.807) is 30.3 Å². The second-order valence-corrected chi connectivity index (χ2v) is 7.89. The van der Waals surface area contributed by atoms with Crippen LogP contribution in [0.4, 0.5) is 17.1 Å². The molecule has 0 saturated heterocycles. The summed E-state index contributed by atoms with van der Waals surface area (Å²) in [6.45, 7) is 0. The van der Waals surface area contributed by atoms with Gasteiger partial charge >= 0.3 is 0 Å². The number of benzene rings is 3. The van der Waals surface area contributed by atoms with Gasteiger partial charge in [-0.05, 0) is 54.1 Å². The fraction of sp³-hybridized carbons (Fsp3) is 0.0500. The van der Waals surface area contributed by atoms with Crippen LogP contribution in [0, 0.1) is 10.1 Å². The third-order valence-electron chi connectivity index (χ3n) is 4.12. The topological polar surface area (TPSA) is 143 Å². The minimum absolute atomic E-state index is 0.0104. The number of aromatic hydroxyl groups is 1. The van der Waals surface area contributed by atoms with Crippen molar-refractivity contribution in [2.75, 3.05) is 17.3 Å². The van der Waals surface area contributed by atoms with Gasteiger partial charge < -0.3 is 9.84 Å². The molecule has 0 aliphatic rings. The number of rotatable bonds is 8. The van der Waals surface area contributed by atoms with E-state index in [1.165, 1.54) is 43.7 Å². The van der Waals surface area contributed by atoms with Crippen molar-refractivity contribution in [3.63, 3.8) is 0 Å². The number of nitrogens with one attached hydrogen (secondary N) is 2. The largest absolute Gasteiger partial charge is 0.508 e. The SMILES string of the molecule is COc1ccccc1NS(=O)(=O)c1ccc(N/N=C/c2ccc(O)cc2)c([N+](=O)[O-])c1. The molecule has 0 saturated carbocycles. The summed E-state index contributed by atoms with van der Waals surface area (Å²) in [6.07, 6.45) is 1.40. The van der Waals surface area contributed by atoms with Crippen molar-refractivity contribution < 1.29 is 23.2 Å². The number of hydrazone groups is 1. The summed E-state index contributed by atoms with van der Waals surface area (Å²) in [7, 11) is -2.71. The number of methoxy groups -OCH3 is 1. The van der Waals surface area contributed by atoms with Crippen molar-refractivity contribution in [2.45, 2.75) is 4.90 Å². The van der Waals surface area contributed by atoms with Gasteiger partial charge in [0.1, 0.15) is 17.2 Å². The number of nitro groups is 1. The van der Waals surface area contributed by atoms with Gasteiger partial charge in [0, 0.05) is 6.07 Å². The van der Waals surface area contributed by atoms with E-state index in [1.807, 2.05) is 0 Å². The Bertz CT molecular complexity index is 1230. The summed E-state index contributed by atoms with van der Waals surface area (Å²) >= 11 is 0. The number of hydrogen-bond donors (Lipinski definition) is 3.